The highest BCUT2D eigenvalue weighted by atomic mass is 16.5. The molecule has 6 nitrogen and oxygen atoms in total. The van der Waals surface area contributed by atoms with Crippen molar-refractivity contribution in [3.8, 4) is 0 Å². The lowest BCUT2D eigenvalue weighted by Gasteiger charge is -2.23. The highest BCUT2D eigenvalue weighted by molar-refractivity contribution is 5.86. The predicted octanol–water partition coefficient (Wildman–Crippen LogP) is 1.73. The van der Waals surface area contributed by atoms with Crippen LogP contribution < -0.4 is 5.32 Å². The van der Waals surface area contributed by atoms with Crippen molar-refractivity contribution in [2.75, 3.05) is 20.2 Å². The Morgan fingerprint density at radius 1 is 1.29 bits per heavy atom. The van der Waals surface area contributed by atoms with E-state index >= 15 is 0 Å². The molecule has 0 radical (unpaired) electrons. The molecule has 116 valence electrons. The Balaban J connectivity index is 1.93. The maximum absolute atomic E-state index is 12.2. The van der Waals surface area contributed by atoms with Gasteiger partial charge in [0, 0.05) is 13.1 Å². The first-order valence-corrected chi connectivity index (χ1v) is 7.26. The third kappa shape index (κ3) is 3.64. The van der Waals surface area contributed by atoms with E-state index in [9.17, 15) is 9.59 Å². The lowest BCUT2D eigenvalue weighted by atomic mass is 10.2. The lowest BCUT2D eigenvalue weighted by molar-refractivity contribution is -0.132. The number of esters is 1. The van der Waals surface area contributed by atoms with Crippen LogP contribution in [-0.2, 0) is 9.53 Å². The molecule has 0 spiro atoms. The van der Waals surface area contributed by atoms with Crippen molar-refractivity contribution >= 4 is 11.9 Å². The average molecular weight is 294 g/mol. The van der Waals surface area contributed by atoms with Crippen LogP contribution in [0.25, 0.3) is 0 Å². The van der Waals surface area contributed by atoms with Crippen LogP contribution in [0.5, 0.6) is 0 Å². The van der Waals surface area contributed by atoms with Gasteiger partial charge in [0.05, 0.1) is 19.2 Å². The largest absolute Gasteiger partial charge is 0.463 e. The fraction of sp³-hybridized carbons (Fsp3) is 0.600. The van der Waals surface area contributed by atoms with Gasteiger partial charge in [-0.2, -0.15) is 0 Å². The maximum atomic E-state index is 12.2. The third-order valence-corrected chi connectivity index (χ3v) is 3.73. The van der Waals surface area contributed by atoms with E-state index in [1.54, 1.807) is 12.1 Å². The lowest BCUT2D eigenvalue weighted by Crippen LogP contribution is -2.44. The molecule has 1 aliphatic heterocycles. The number of nitrogens with zero attached hydrogens (tertiary/aromatic N) is 1. The number of likely N-dealkylation sites (tertiary alicyclic amines) is 1. The number of carbonyl (C=O) groups excluding carboxylic acids is 2. The van der Waals surface area contributed by atoms with Crippen molar-refractivity contribution in [2.24, 2.45) is 0 Å². The van der Waals surface area contributed by atoms with E-state index in [1.165, 1.54) is 7.11 Å². The zero-order chi connectivity index (χ0) is 15.4. The molecule has 2 heterocycles. The summed E-state index contributed by atoms with van der Waals surface area (Å²) in [5, 5.41) is 3.21. The number of ether oxygens (including phenoxy) is 1. The van der Waals surface area contributed by atoms with E-state index in [1.807, 2.05) is 18.7 Å². The molecule has 2 atom stereocenters. The monoisotopic (exact) mass is 294 g/mol. The SMILES string of the molecule is COC(=O)c1ccc(C(C)NC(C)C(=O)N2CCCC2)o1. The second-order valence-corrected chi connectivity index (χ2v) is 5.34. The molecule has 6 heteroatoms. The van der Waals surface area contributed by atoms with Crippen LogP contribution >= 0.6 is 0 Å². The number of rotatable bonds is 5. The minimum atomic E-state index is -0.505. The van der Waals surface area contributed by atoms with Crippen LogP contribution in [0.2, 0.25) is 0 Å². The standard InChI is InChI=1S/C15H22N2O4/c1-10(12-6-7-13(21-12)15(19)20-3)16-11(2)14(18)17-8-4-5-9-17/h6-7,10-11,16H,4-5,8-9H2,1-3H3. The van der Waals surface area contributed by atoms with Crippen molar-refractivity contribution < 1.29 is 18.7 Å². The molecule has 1 aromatic rings. The Hall–Kier alpha value is -1.82. The molecule has 1 amide bonds. The zero-order valence-corrected chi connectivity index (χ0v) is 12.7. The third-order valence-electron chi connectivity index (χ3n) is 3.73. The summed E-state index contributed by atoms with van der Waals surface area (Å²) in [7, 11) is 1.31. The van der Waals surface area contributed by atoms with Crippen LogP contribution in [-0.4, -0.2) is 43.0 Å². The Morgan fingerprint density at radius 2 is 1.95 bits per heavy atom. The van der Waals surface area contributed by atoms with Crippen LogP contribution in [0.1, 0.15) is 49.0 Å². The van der Waals surface area contributed by atoms with Crippen molar-refractivity contribution in [2.45, 2.75) is 38.8 Å². The Kier molecular flexibility index (Phi) is 5.01. The number of hydrogen-bond donors (Lipinski definition) is 1. The van der Waals surface area contributed by atoms with Crippen molar-refractivity contribution in [3.05, 3.63) is 23.7 Å². The van der Waals surface area contributed by atoms with E-state index < -0.39 is 5.97 Å². The molecule has 0 bridgehead atoms. The Morgan fingerprint density at radius 3 is 2.57 bits per heavy atom. The van der Waals surface area contributed by atoms with Crippen LogP contribution in [0.4, 0.5) is 0 Å². The van der Waals surface area contributed by atoms with E-state index in [0.717, 1.165) is 25.9 Å². The minimum Gasteiger partial charge on any atom is -0.463 e. The average Bonchev–Trinajstić information content (AvgIpc) is 3.16. The summed E-state index contributed by atoms with van der Waals surface area (Å²) >= 11 is 0. The van der Waals surface area contributed by atoms with Gasteiger partial charge < -0.3 is 14.1 Å². The molecule has 1 aromatic heterocycles. The van der Waals surface area contributed by atoms with E-state index in [-0.39, 0.29) is 23.8 Å². The summed E-state index contributed by atoms with van der Waals surface area (Å²) in [5.41, 5.74) is 0. The number of furan rings is 1. The summed E-state index contributed by atoms with van der Waals surface area (Å²) in [6.07, 6.45) is 2.16. The van der Waals surface area contributed by atoms with Gasteiger partial charge in [-0.05, 0) is 38.8 Å². The summed E-state index contributed by atoms with van der Waals surface area (Å²) in [4.78, 5) is 25.5. The molecule has 0 aromatic carbocycles. The van der Waals surface area contributed by atoms with Crippen molar-refractivity contribution in [1.82, 2.24) is 10.2 Å². The van der Waals surface area contributed by atoms with Gasteiger partial charge >= 0.3 is 5.97 Å². The number of nitrogens with one attached hydrogen (secondary N) is 1. The van der Waals surface area contributed by atoms with Gasteiger partial charge in [0.1, 0.15) is 5.76 Å². The molecule has 1 fully saturated rings. The van der Waals surface area contributed by atoms with Crippen LogP contribution in [0.3, 0.4) is 0 Å². The van der Waals surface area contributed by atoms with Crippen LogP contribution in [0, 0.1) is 0 Å². The topological polar surface area (TPSA) is 71.8 Å². The van der Waals surface area contributed by atoms with E-state index in [4.69, 9.17) is 4.42 Å². The molecule has 21 heavy (non-hydrogen) atoms. The maximum Gasteiger partial charge on any atom is 0.373 e. The molecular weight excluding hydrogens is 272 g/mol. The molecule has 2 rings (SSSR count). The highest BCUT2D eigenvalue weighted by Gasteiger charge is 2.25. The normalized spacial score (nSPS) is 17.6. The van der Waals surface area contributed by atoms with Gasteiger partial charge in [0.15, 0.2) is 0 Å². The summed E-state index contributed by atoms with van der Waals surface area (Å²) < 4.78 is 10.0. The molecule has 1 aliphatic rings. The summed E-state index contributed by atoms with van der Waals surface area (Å²) in [6, 6.07) is 2.85. The van der Waals surface area contributed by atoms with E-state index in [0.29, 0.717) is 5.76 Å². The summed E-state index contributed by atoms with van der Waals surface area (Å²) in [6.45, 7) is 5.42. The molecular formula is C15H22N2O4. The highest BCUT2D eigenvalue weighted by Crippen LogP contribution is 2.18. The summed E-state index contributed by atoms with van der Waals surface area (Å²) in [5.74, 6) is 0.380. The van der Waals surface area contributed by atoms with Crippen LogP contribution in [0.15, 0.2) is 16.5 Å². The van der Waals surface area contributed by atoms with Gasteiger partial charge in [-0.15, -0.1) is 0 Å². The molecule has 0 aliphatic carbocycles. The number of methoxy groups -OCH3 is 1. The second kappa shape index (κ2) is 6.76. The van der Waals surface area contributed by atoms with Gasteiger partial charge in [-0.25, -0.2) is 4.79 Å². The van der Waals surface area contributed by atoms with Gasteiger partial charge in [0.2, 0.25) is 11.7 Å². The van der Waals surface area contributed by atoms with Gasteiger partial charge in [-0.3, -0.25) is 10.1 Å². The zero-order valence-electron chi connectivity index (χ0n) is 12.7. The van der Waals surface area contributed by atoms with Crippen molar-refractivity contribution in [3.63, 3.8) is 0 Å². The predicted molar refractivity (Wildman–Crippen MR) is 76.9 cm³/mol. The van der Waals surface area contributed by atoms with Gasteiger partial charge in [0.25, 0.3) is 0 Å². The first-order valence-electron chi connectivity index (χ1n) is 7.26. The number of carbonyl (C=O) groups is 2. The minimum absolute atomic E-state index is 0.110. The first-order chi connectivity index (χ1) is 10.0. The van der Waals surface area contributed by atoms with Crippen molar-refractivity contribution in [1.29, 1.82) is 0 Å². The molecule has 1 saturated heterocycles. The Labute approximate surface area is 124 Å². The quantitative estimate of drug-likeness (QED) is 0.837. The fourth-order valence-corrected chi connectivity index (χ4v) is 2.54. The first kappa shape index (κ1) is 15.6. The van der Waals surface area contributed by atoms with E-state index in [2.05, 4.69) is 10.1 Å². The van der Waals surface area contributed by atoms with Gasteiger partial charge in [-0.1, -0.05) is 0 Å². The molecule has 1 N–H and O–H groups in total. The fourth-order valence-electron chi connectivity index (χ4n) is 2.54. The Bertz CT molecular complexity index is 506. The number of hydrogen-bond acceptors (Lipinski definition) is 5. The molecule has 0 saturated carbocycles. The second-order valence-electron chi connectivity index (χ2n) is 5.34. The number of amides is 1. The smallest absolute Gasteiger partial charge is 0.373 e. The molecule has 2 unspecified atom stereocenters.